The predicted octanol–water partition coefficient (Wildman–Crippen LogP) is -0.384. The molecule has 0 radical (unpaired) electrons. The van der Waals surface area contributed by atoms with Gasteiger partial charge in [0.25, 0.3) is 5.91 Å². The summed E-state index contributed by atoms with van der Waals surface area (Å²) in [5, 5.41) is 4.05. The molecule has 0 spiro atoms. The van der Waals surface area contributed by atoms with E-state index in [1.807, 2.05) is 6.92 Å². The summed E-state index contributed by atoms with van der Waals surface area (Å²) in [5.74, 6) is -0.0486. The first-order valence-corrected chi connectivity index (χ1v) is 3.25. The average molecular weight is 146 g/mol. The number of carbonyl (C=O) groups excluding carboxylic acids is 1. The fourth-order valence-corrected chi connectivity index (χ4v) is 0.647. The number of amides is 1. The smallest absolute Gasteiger partial charge is 0.260 e. The lowest BCUT2D eigenvalue weighted by Gasteiger charge is -2.16. The van der Waals surface area contributed by atoms with Crippen molar-refractivity contribution in [2.24, 2.45) is 0 Å². The minimum absolute atomic E-state index is 0.0486. The summed E-state index contributed by atoms with van der Waals surface area (Å²) in [6.45, 7) is 2.76. The number of rotatable bonds is 4. The topological polar surface area (TPSA) is 41.6 Å². The van der Waals surface area contributed by atoms with Crippen molar-refractivity contribution in [1.29, 1.82) is 0 Å². The number of nitrogens with one attached hydrogen (secondary N) is 1. The van der Waals surface area contributed by atoms with E-state index in [2.05, 4.69) is 5.32 Å². The van der Waals surface area contributed by atoms with E-state index in [9.17, 15) is 4.79 Å². The average Bonchev–Trinajstić information content (AvgIpc) is 1.91. The SMILES string of the molecule is CCN(OC)C(=O)CNC. The molecule has 0 aromatic heterocycles. The number of hydrogen-bond acceptors (Lipinski definition) is 3. The van der Waals surface area contributed by atoms with Gasteiger partial charge in [0, 0.05) is 6.54 Å². The minimum Gasteiger partial charge on any atom is -0.311 e. The lowest BCUT2D eigenvalue weighted by Crippen LogP contribution is -2.36. The number of carbonyl (C=O) groups is 1. The Morgan fingerprint density at radius 2 is 2.30 bits per heavy atom. The Morgan fingerprint density at radius 3 is 2.60 bits per heavy atom. The van der Waals surface area contributed by atoms with Gasteiger partial charge >= 0.3 is 0 Å². The van der Waals surface area contributed by atoms with Crippen LogP contribution in [0.1, 0.15) is 6.92 Å². The van der Waals surface area contributed by atoms with Gasteiger partial charge in [-0.3, -0.25) is 9.63 Å². The van der Waals surface area contributed by atoms with Gasteiger partial charge in [-0.25, -0.2) is 5.06 Å². The van der Waals surface area contributed by atoms with E-state index in [0.717, 1.165) is 0 Å². The van der Waals surface area contributed by atoms with E-state index in [1.54, 1.807) is 7.05 Å². The van der Waals surface area contributed by atoms with Gasteiger partial charge in [-0.05, 0) is 14.0 Å². The van der Waals surface area contributed by atoms with Crippen LogP contribution in [-0.2, 0) is 9.63 Å². The number of likely N-dealkylation sites (N-methyl/N-ethyl adjacent to an activating group) is 2. The van der Waals surface area contributed by atoms with Crippen LogP contribution >= 0.6 is 0 Å². The van der Waals surface area contributed by atoms with E-state index in [4.69, 9.17) is 4.84 Å². The lowest BCUT2D eigenvalue weighted by molar-refractivity contribution is -0.173. The summed E-state index contributed by atoms with van der Waals surface area (Å²) in [4.78, 5) is 15.7. The maximum Gasteiger partial charge on any atom is 0.260 e. The van der Waals surface area contributed by atoms with Gasteiger partial charge in [0.05, 0.1) is 13.7 Å². The second-order valence-corrected chi connectivity index (χ2v) is 1.80. The quantitative estimate of drug-likeness (QED) is 0.549. The highest BCUT2D eigenvalue weighted by atomic mass is 16.7. The van der Waals surface area contributed by atoms with Crippen molar-refractivity contribution in [2.75, 3.05) is 27.2 Å². The van der Waals surface area contributed by atoms with Crippen molar-refractivity contribution in [2.45, 2.75) is 6.92 Å². The van der Waals surface area contributed by atoms with Crippen LogP contribution in [0.2, 0.25) is 0 Å². The summed E-state index contributed by atoms with van der Waals surface area (Å²) in [6.07, 6.45) is 0. The summed E-state index contributed by atoms with van der Waals surface area (Å²) in [5.41, 5.74) is 0. The molecule has 0 fully saturated rings. The summed E-state index contributed by atoms with van der Waals surface area (Å²) >= 11 is 0. The molecule has 10 heavy (non-hydrogen) atoms. The molecule has 1 N–H and O–H groups in total. The highest BCUT2D eigenvalue weighted by Crippen LogP contribution is 1.86. The maximum atomic E-state index is 10.9. The second-order valence-electron chi connectivity index (χ2n) is 1.80. The van der Waals surface area contributed by atoms with Crippen LogP contribution in [0.3, 0.4) is 0 Å². The number of hydroxylamine groups is 2. The zero-order valence-corrected chi connectivity index (χ0v) is 6.68. The maximum absolute atomic E-state index is 10.9. The van der Waals surface area contributed by atoms with Crippen molar-refractivity contribution >= 4 is 5.91 Å². The van der Waals surface area contributed by atoms with Crippen LogP contribution in [-0.4, -0.2) is 38.2 Å². The van der Waals surface area contributed by atoms with Gasteiger partial charge in [-0.2, -0.15) is 0 Å². The Balaban J connectivity index is 3.65. The molecule has 0 aliphatic rings. The Hall–Kier alpha value is -0.610. The van der Waals surface area contributed by atoms with Gasteiger partial charge in [-0.1, -0.05) is 0 Å². The van der Waals surface area contributed by atoms with Crippen molar-refractivity contribution in [1.82, 2.24) is 10.4 Å². The van der Waals surface area contributed by atoms with Crippen molar-refractivity contribution in [3.63, 3.8) is 0 Å². The van der Waals surface area contributed by atoms with Crippen LogP contribution in [0, 0.1) is 0 Å². The third kappa shape index (κ3) is 2.80. The molecule has 0 aromatic rings. The molecule has 0 aliphatic heterocycles. The molecule has 0 aromatic carbocycles. The lowest BCUT2D eigenvalue weighted by atomic mass is 10.5. The number of hydrogen-bond donors (Lipinski definition) is 1. The molecule has 0 atom stereocenters. The van der Waals surface area contributed by atoms with E-state index in [0.29, 0.717) is 13.1 Å². The Kier molecular flexibility index (Phi) is 4.88. The van der Waals surface area contributed by atoms with Gasteiger partial charge < -0.3 is 5.32 Å². The Morgan fingerprint density at radius 1 is 1.70 bits per heavy atom. The van der Waals surface area contributed by atoms with Crippen LogP contribution in [0.15, 0.2) is 0 Å². The Bertz CT molecular complexity index is 102. The molecule has 4 heteroatoms. The number of nitrogens with zero attached hydrogens (tertiary/aromatic N) is 1. The molecule has 0 heterocycles. The minimum atomic E-state index is -0.0486. The fraction of sp³-hybridized carbons (Fsp3) is 0.833. The molecule has 0 saturated carbocycles. The molecular weight excluding hydrogens is 132 g/mol. The highest BCUT2D eigenvalue weighted by Gasteiger charge is 2.07. The molecule has 0 rings (SSSR count). The standard InChI is InChI=1S/C6H14N2O2/c1-4-8(10-3)6(9)5-7-2/h7H,4-5H2,1-3H3. The molecular formula is C6H14N2O2. The van der Waals surface area contributed by atoms with Crippen LogP contribution in [0.5, 0.6) is 0 Å². The molecule has 0 aliphatic carbocycles. The summed E-state index contributed by atoms with van der Waals surface area (Å²) in [7, 11) is 3.21. The summed E-state index contributed by atoms with van der Waals surface area (Å²) in [6, 6.07) is 0. The largest absolute Gasteiger partial charge is 0.311 e. The normalized spacial score (nSPS) is 9.50. The van der Waals surface area contributed by atoms with E-state index < -0.39 is 0 Å². The van der Waals surface area contributed by atoms with E-state index >= 15 is 0 Å². The first-order valence-electron chi connectivity index (χ1n) is 3.25. The third-order valence-electron chi connectivity index (χ3n) is 1.11. The Labute approximate surface area is 61.1 Å². The van der Waals surface area contributed by atoms with E-state index in [-0.39, 0.29) is 5.91 Å². The van der Waals surface area contributed by atoms with Crippen LogP contribution in [0.25, 0.3) is 0 Å². The second kappa shape index (κ2) is 5.20. The summed E-state index contributed by atoms with van der Waals surface area (Å²) < 4.78 is 0. The first-order chi connectivity index (χ1) is 4.76. The van der Waals surface area contributed by atoms with Crippen molar-refractivity contribution < 1.29 is 9.63 Å². The van der Waals surface area contributed by atoms with Crippen LogP contribution < -0.4 is 5.32 Å². The zero-order chi connectivity index (χ0) is 7.98. The first kappa shape index (κ1) is 9.39. The fourth-order valence-electron chi connectivity index (χ4n) is 0.647. The predicted molar refractivity (Wildman–Crippen MR) is 38.3 cm³/mol. The molecule has 0 bridgehead atoms. The third-order valence-corrected chi connectivity index (χ3v) is 1.11. The zero-order valence-electron chi connectivity index (χ0n) is 6.68. The van der Waals surface area contributed by atoms with Gasteiger partial charge in [0.2, 0.25) is 0 Å². The van der Waals surface area contributed by atoms with Crippen molar-refractivity contribution in [3.05, 3.63) is 0 Å². The molecule has 1 amide bonds. The van der Waals surface area contributed by atoms with Gasteiger partial charge in [-0.15, -0.1) is 0 Å². The van der Waals surface area contributed by atoms with Crippen LogP contribution in [0.4, 0.5) is 0 Å². The highest BCUT2D eigenvalue weighted by molar-refractivity contribution is 5.77. The van der Waals surface area contributed by atoms with Gasteiger partial charge in [0.1, 0.15) is 0 Å². The molecule has 60 valence electrons. The van der Waals surface area contributed by atoms with E-state index in [1.165, 1.54) is 12.2 Å². The monoisotopic (exact) mass is 146 g/mol. The van der Waals surface area contributed by atoms with Gasteiger partial charge in [0.15, 0.2) is 0 Å². The molecule has 0 unspecified atom stereocenters. The van der Waals surface area contributed by atoms with Crippen molar-refractivity contribution in [3.8, 4) is 0 Å². The molecule has 0 saturated heterocycles. The molecule has 4 nitrogen and oxygen atoms in total.